The van der Waals surface area contributed by atoms with E-state index >= 15 is 0 Å². The maximum atomic E-state index is 13.7. The number of azide groups is 1. The summed E-state index contributed by atoms with van der Waals surface area (Å²) in [6.07, 6.45) is 0.756. The number of hydrazine groups is 1. The van der Waals surface area contributed by atoms with Gasteiger partial charge in [0.25, 0.3) is 5.91 Å². The number of rotatable bonds is 13. The van der Waals surface area contributed by atoms with Gasteiger partial charge in [-0.05, 0) is 58.6 Å². The summed E-state index contributed by atoms with van der Waals surface area (Å²) in [6, 6.07) is 19.8. The van der Waals surface area contributed by atoms with Crippen LogP contribution in [-0.4, -0.2) is 42.3 Å². The van der Waals surface area contributed by atoms with Crippen LogP contribution in [0.3, 0.4) is 0 Å². The van der Waals surface area contributed by atoms with Gasteiger partial charge < -0.3 is 14.6 Å². The number of aliphatic hydroxyl groups is 1. The number of benzene rings is 3. The van der Waals surface area contributed by atoms with Crippen molar-refractivity contribution in [1.29, 1.82) is 0 Å². The van der Waals surface area contributed by atoms with Crippen molar-refractivity contribution < 1.29 is 19.4 Å². The van der Waals surface area contributed by atoms with E-state index in [1.54, 1.807) is 42.5 Å². The molecule has 40 heavy (non-hydrogen) atoms. The van der Waals surface area contributed by atoms with E-state index in [2.05, 4.69) is 20.9 Å². The second kappa shape index (κ2) is 14.0. The first-order valence-electron chi connectivity index (χ1n) is 12.6. The fourth-order valence-corrected chi connectivity index (χ4v) is 4.45. The molecule has 1 atom stereocenters. The van der Waals surface area contributed by atoms with Gasteiger partial charge in [-0.15, -0.1) is 0 Å². The third-order valence-corrected chi connectivity index (χ3v) is 6.98. The predicted octanol–water partition coefficient (Wildman–Crippen LogP) is 5.14. The van der Waals surface area contributed by atoms with Gasteiger partial charge in [-0.1, -0.05) is 58.6 Å². The Labute approximate surface area is 241 Å². The Bertz CT molecular complexity index is 1410. The van der Waals surface area contributed by atoms with Crippen molar-refractivity contribution in [1.82, 2.24) is 10.9 Å². The minimum absolute atomic E-state index is 0.00717. The molecule has 208 valence electrons. The molecule has 0 saturated heterocycles. The Kier molecular flexibility index (Phi) is 10.2. The molecule has 10 nitrogen and oxygen atoms in total. The summed E-state index contributed by atoms with van der Waals surface area (Å²) in [6.45, 7) is 0.923. The standard InChI is InChI=1S/C28H28Cl2N6O4/c29-24-11-6-19(14-25(24)30)16-32-35-27(38)28(15-21-4-1-2-5-22(21)17-33-36-31)18-40-26(34-28)20-7-9-23(10-8-20)39-13-3-12-37/h1-2,4-11,14,32,37H,3,12-13,15-18H2,(H,35,38)/t28-/m0/s1. The number of carbonyl (C=O) groups excluding carboxylic acids is 1. The van der Waals surface area contributed by atoms with Crippen LogP contribution < -0.4 is 15.6 Å². The predicted molar refractivity (Wildman–Crippen MR) is 153 cm³/mol. The first-order valence-corrected chi connectivity index (χ1v) is 13.3. The Morgan fingerprint density at radius 1 is 1.12 bits per heavy atom. The second-order valence-electron chi connectivity index (χ2n) is 9.08. The van der Waals surface area contributed by atoms with Crippen molar-refractivity contribution in [3.8, 4) is 5.75 Å². The lowest BCUT2D eigenvalue weighted by atomic mass is 9.89. The van der Waals surface area contributed by atoms with Crippen molar-refractivity contribution in [2.75, 3.05) is 19.8 Å². The minimum Gasteiger partial charge on any atom is -0.494 e. The quantitative estimate of drug-likeness (QED) is 0.0840. The lowest BCUT2D eigenvalue weighted by Crippen LogP contribution is -2.52. The number of aliphatic hydroxyl groups excluding tert-OH is 1. The van der Waals surface area contributed by atoms with Crippen LogP contribution in [0.25, 0.3) is 10.4 Å². The molecule has 1 heterocycles. The number of nitrogens with zero attached hydrogens (tertiary/aromatic N) is 4. The molecule has 0 bridgehead atoms. The van der Waals surface area contributed by atoms with Gasteiger partial charge in [0.2, 0.25) is 5.90 Å². The van der Waals surface area contributed by atoms with Crippen molar-refractivity contribution in [2.24, 2.45) is 10.1 Å². The number of hydrogen-bond donors (Lipinski definition) is 3. The molecule has 1 amide bonds. The summed E-state index contributed by atoms with van der Waals surface area (Å²) in [7, 11) is 0. The summed E-state index contributed by atoms with van der Waals surface area (Å²) in [5, 5.41) is 13.5. The van der Waals surface area contributed by atoms with Crippen LogP contribution in [0.5, 0.6) is 5.75 Å². The van der Waals surface area contributed by atoms with E-state index in [0.29, 0.717) is 46.8 Å². The fraction of sp³-hybridized carbons (Fsp3) is 0.286. The Morgan fingerprint density at radius 2 is 1.90 bits per heavy atom. The van der Waals surface area contributed by atoms with Crippen LogP contribution in [0.15, 0.2) is 76.8 Å². The Morgan fingerprint density at radius 3 is 2.62 bits per heavy atom. The maximum absolute atomic E-state index is 13.7. The molecule has 0 aromatic heterocycles. The number of nitrogens with one attached hydrogen (secondary N) is 2. The number of amides is 1. The van der Waals surface area contributed by atoms with Crippen LogP contribution in [-0.2, 0) is 29.0 Å². The van der Waals surface area contributed by atoms with Crippen molar-refractivity contribution in [3.05, 3.63) is 109 Å². The third kappa shape index (κ3) is 7.44. The molecule has 3 aromatic rings. The summed E-state index contributed by atoms with van der Waals surface area (Å²) in [5.41, 5.74) is 16.4. The molecular formula is C28H28Cl2N6O4. The van der Waals surface area contributed by atoms with Crippen molar-refractivity contribution in [2.45, 2.75) is 31.5 Å². The second-order valence-corrected chi connectivity index (χ2v) is 9.89. The average molecular weight is 583 g/mol. The van der Waals surface area contributed by atoms with E-state index in [1.807, 2.05) is 24.3 Å². The first-order chi connectivity index (χ1) is 19.4. The molecule has 0 fully saturated rings. The lowest BCUT2D eigenvalue weighted by Gasteiger charge is -2.24. The summed E-state index contributed by atoms with van der Waals surface area (Å²) in [4.78, 5) is 21.3. The van der Waals surface area contributed by atoms with Gasteiger partial charge >= 0.3 is 0 Å². The highest BCUT2D eigenvalue weighted by atomic mass is 35.5. The fourth-order valence-electron chi connectivity index (χ4n) is 4.13. The lowest BCUT2D eigenvalue weighted by molar-refractivity contribution is -0.127. The van der Waals surface area contributed by atoms with Gasteiger partial charge in [0.05, 0.1) is 23.2 Å². The van der Waals surface area contributed by atoms with Crippen LogP contribution >= 0.6 is 23.2 Å². The summed E-state index contributed by atoms with van der Waals surface area (Å²) in [5.74, 6) is 0.595. The highest BCUT2D eigenvalue weighted by Gasteiger charge is 2.45. The molecule has 0 radical (unpaired) electrons. The highest BCUT2D eigenvalue weighted by Crippen LogP contribution is 2.29. The number of aliphatic imine (C=N–C) groups is 1. The zero-order valence-electron chi connectivity index (χ0n) is 21.5. The van der Waals surface area contributed by atoms with E-state index in [1.165, 1.54) is 0 Å². The van der Waals surface area contributed by atoms with E-state index in [-0.39, 0.29) is 32.1 Å². The smallest absolute Gasteiger partial charge is 0.266 e. The van der Waals surface area contributed by atoms with Crippen LogP contribution in [0.2, 0.25) is 10.0 Å². The Hall–Kier alpha value is -3.79. The third-order valence-electron chi connectivity index (χ3n) is 6.24. The van der Waals surface area contributed by atoms with Crippen LogP contribution in [0.4, 0.5) is 0 Å². The van der Waals surface area contributed by atoms with Gasteiger partial charge in [-0.2, -0.15) is 0 Å². The number of ether oxygens (including phenoxy) is 2. The monoisotopic (exact) mass is 582 g/mol. The van der Waals surface area contributed by atoms with Crippen molar-refractivity contribution >= 4 is 35.0 Å². The molecular weight excluding hydrogens is 555 g/mol. The summed E-state index contributed by atoms with van der Waals surface area (Å²) >= 11 is 12.1. The Balaban J connectivity index is 1.56. The van der Waals surface area contributed by atoms with Gasteiger partial charge in [0, 0.05) is 36.5 Å². The molecule has 0 spiro atoms. The minimum atomic E-state index is -1.29. The van der Waals surface area contributed by atoms with E-state index in [4.69, 9.17) is 48.3 Å². The van der Waals surface area contributed by atoms with Gasteiger partial charge in [-0.25, -0.2) is 10.4 Å². The zero-order valence-corrected chi connectivity index (χ0v) is 23.0. The maximum Gasteiger partial charge on any atom is 0.266 e. The number of carbonyl (C=O) groups is 1. The van der Waals surface area contributed by atoms with Gasteiger partial charge in [-0.3, -0.25) is 10.2 Å². The normalized spacial score (nSPS) is 16.0. The highest BCUT2D eigenvalue weighted by molar-refractivity contribution is 6.42. The van der Waals surface area contributed by atoms with E-state index < -0.39 is 5.54 Å². The molecule has 4 rings (SSSR count). The molecule has 0 unspecified atom stereocenters. The average Bonchev–Trinajstić information content (AvgIpc) is 3.40. The SMILES string of the molecule is [N-]=[N+]=NCc1ccccc1C[C@@]1(C(=O)NNCc2ccc(Cl)c(Cl)c2)COC(c2ccc(OCCCO)cc2)=N1. The van der Waals surface area contributed by atoms with Crippen LogP contribution in [0, 0.1) is 0 Å². The number of halogens is 2. The van der Waals surface area contributed by atoms with E-state index in [0.717, 1.165) is 16.7 Å². The molecule has 0 aliphatic carbocycles. The zero-order chi connectivity index (χ0) is 28.4. The topological polar surface area (TPSA) is 141 Å². The van der Waals surface area contributed by atoms with Gasteiger partial charge in [0.15, 0.2) is 5.54 Å². The van der Waals surface area contributed by atoms with Crippen molar-refractivity contribution in [3.63, 3.8) is 0 Å². The van der Waals surface area contributed by atoms with Crippen LogP contribution in [0.1, 0.15) is 28.7 Å². The largest absolute Gasteiger partial charge is 0.494 e. The van der Waals surface area contributed by atoms with E-state index in [9.17, 15) is 4.79 Å². The van der Waals surface area contributed by atoms with Gasteiger partial charge in [0.1, 0.15) is 12.4 Å². The molecule has 12 heteroatoms. The molecule has 3 N–H and O–H groups in total. The molecule has 1 aliphatic heterocycles. The molecule has 1 aliphatic rings. The molecule has 0 saturated carbocycles. The number of hydrogen-bond acceptors (Lipinski definition) is 7. The summed E-state index contributed by atoms with van der Waals surface area (Å²) < 4.78 is 11.6. The first kappa shape index (κ1) is 29.2. The molecule has 3 aromatic carbocycles.